The second-order valence-electron chi connectivity index (χ2n) is 3.83. The molecule has 4 nitrogen and oxygen atoms in total. The third-order valence-corrected chi connectivity index (χ3v) is 2.47. The Balaban J connectivity index is 2.13. The average Bonchev–Trinajstić information content (AvgIpc) is 2.39. The minimum atomic E-state index is -1.29. The molecule has 0 saturated heterocycles. The molecule has 0 aliphatic carbocycles. The van der Waals surface area contributed by atoms with Crippen LogP contribution in [0.15, 0.2) is 48.5 Å². The zero-order valence-electron chi connectivity index (χ0n) is 9.72. The van der Waals surface area contributed by atoms with Gasteiger partial charge in [-0.25, -0.2) is 4.39 Å². The molecule has 0 unspecified atom stereocenters. The van der Waals surface area contributed by atoms with E-state index in [0.29, 0.717) is 5.69 Å². The van der Waals surface area contributed by atoms with Crippen LogP contribution in [0.2, 0.25) is 0 Å². The van der Waals surface area contributed by atoms with Crippen LogP contribution in [0.4, 0.5) is 10.1 Å². The lowest BCUT2D eigenvalue weighted by Crippen LogP contribution is -2.22. The average molecular weight is 258 g/mol. The van der Waals surface area contributed by atoms with E-state index in [0.717, 1.165) is 6.07 Å². The van der Waals surface area contributed by atoms with Gasteiger partial charge in [0.2, 0.25) is 0 Å². The lowest BCUT2D eigenvalue weighted by Gasteiger charge is -2.07. The molecule has 0 saturated carbocycles. The van der Waals surface area contributed by atoms with Crippen LogP contribution >= 0.6 is 0 Å². The van der Waals surface area contributed by atoms with Gasteiger partial charge in [-0.2, -0.15) is 0 Å². The first-order valence-corrected chi connectivity index (χ1v) is 5.44. The maximum absolute atomic E-state index is 13.0. The van der Waals surface area contributed by atoms with E-state index in [1.54, 1.807) is 0 Å². The highest BCUT2D eigenvalue weighted by atomic mass is 19.1. The summed E-state index contributed by atoms with van der Waals surface area (Å²) in [5.41, 5.74) is 0.618. The predicted molar refractivity (Wildman–Crippen MR) is 65.1 cm³/mol. The van der Waals surface area contributed by atoms with Crippen LogP contribution in [0.5, 0.6) is 0 Å². The van der Waals surface area contributed by atoms with Gasteiger partial charge in [-0.3, -0.25) is 4.79 Å². The summed E-state index contributed by atoms with van der Waals surface area (Å²) in [5, 5.41) is 13.1. The summed E-state index contributed by atoms with van der Waals surface area (Å²) in [6.45, 7) is 0. The molecule has 0 bridgehead atoms. The summed E-state index contributed by atoms with van der Waals surface area (Å²) in [5.74, 6) is -2.26. The third kappa shape index (κ3) is 3.16. The molecule has 0 atom stereocenters. The van der Waals surface area contributed by atoms with E-state index in [4.69, 9.17) is 0 Å². The fraction of sp³-hybridized carbons (Fsp3) is 0. The van der Waals surface area contributed by atoms with Crippen molar-refractivity contribution in [3.8, 4) is 0 Å². The van der Waals surface area contributed by atoms with Gasteiger partial charge in [-0.1, -0.05) is 18.2 Å². The van der Waals surface area contributed by atoms with Crippen molar-refractivity contribution >= 4 is 17.6 Å². The maximum atomic E-state index is 13.0. The molecule has 0 aliphatic rings. The van der Waals surface area contributed by atoms with Gasteiger partial charge in [0.1, 0.15) is 5.82 Å². The number of rotatable bonds is 3. The number of carboxylic acid groups (broad SMARTS) is 1. The molecule has 0 aromatic heterocycles. The van der Waals surface area contributed by atoms with E-state index in [9.17, 15) is 19.1 Å². The van der Waals surface area contributed by atoms with E-state index in [1.807, 2.05) is 0 Å². The summed E-state index contributed by atoms with van der Waals surface area (Å²) in [6.07, 6.45) is 0. The van der Waals surface area contributed by atoms with E-state index >= 15 is 0 Å². The van der Waals surface area contributed by atoms with Crippen molar-refractivity contribution in [1.29, 1.82) is 0 Å². The van der Waals surface area contributed by atoms with Crippen molar-refractivity contribution in [1.82, 2.24) is 0 Å². The minimum absolute atomic E-state index is 0.0174. The molecule has 0 heterocycles. The quantitative estimate of drug-likeness (QED) is 0.905. The maximum Gasteiger partial charge on any atom is 0.255 e. The molecule has 96 valence electrons. The number of aromatic carboxylic acids is 1. The van der Waals surface area contributed by atoms with Gasteiger partial charge in [0.25, 0.3) is 5.91 Å². The molecule has 19 heavy (non-hydrogen) atoms. The molecule has 1 N–H and O–H groups in total. The number of benzene rings is 2. The van der Waals surface area contributed by atoms with Crippen molar-refractivity contribution in [3.05, 3.63) is 65.5 Å². The van der Waals surface area contributed by atoms with Crippen LogP contribution < -0.4 is 10.4 Å². The highest BCUT2D eigenvalue weighted by molar-refractivity contribution is 6.04. The Morgan fingerprint density at radius 2 is 1.68 bits per heavy atom. The Kier molecular flexibility index (Phi) is 3.56. The molecule has 0 fully saturated rings. The number of halogens is 1. The Morgan fingerprint density at radius 3 is 2.26 bits per heavy atom. The lowest BCUT2D eigenvalue weighted by atomic mass is 10.2. The number of carbonyl (C=O) groups is 2. The van der Waals surface area contributed by atoms with Gasteiger partial charge in [-0.15, -0.1) is 0 Å². The molecule has 0 radical (unpaired) electrons. The Labute approximate surface area is 108 Å². The highest BCUT2D eigenvalue weighted by Crippen LogP contribution is 2.11. The van der Waals surface area contributed by atoms with Crippen molar-refractivity contribution < 1.29 is 19.1 Å². The summed E-state index contributed by atoms with van der Waals surface area (Å²) in [7, 11) is 0. The van der Waals surface area contributed by atoms with Crippen molar-refractivity contribution in [2.45, 2.75) is 0 Å². The summed E-state index contributed by atoms with van der Waals surface area (Å²) >= 11 is 0. The van der Waals surface area contributed by atoms with Crippen molar-refractivity contribution in [3.63, 3.8) is 0 Å². The fourth-order valence-corrected chi connectivity index (χ4v) is 1.52. The monoisotopic (exact) mass is 258 g/mol. The molecular formula is C14H9FNO3-. The van der Waals surface area contributed by atoms with E-state index in [2.05, 4.69) is 5.32 Å². The van der Waals surface area contributed by atoms with Gasteiger partial charge in [0, 0.05) is 11.3 Å². The van der Waals surface area contributed by atoms with Crippen LogP contribution in [-0.2, 0) is 0 Å². The number of nitrogens with one attached hydrogen (secondary N) is 1. The van der Waals surface area contributed by atoms with E-state index < -0.39 is 17.7 Å². The summed E-state index contributed by atoms with van der Waals surface area (Å²) in [4.78, 5) is 22.3. The normalized spacial score (nSPS) is 9.95. The SMILES string of the molecule is O=C([O-])c1ccc(NC(=O)c2cccc(F)c2)cc1. The third-order valence-electron chi connectivity index (χ3n) is 2.47. The second-order valence-corrected chi connectivity index (χ2v) is 3.83. The zero-order chi connectivity index (χ0) is 13.8. The van der Waals surface area contributed by atoms with Gasteiger partial charge < -0.3 is 15.2 Å². The predicted octanol–water partition coefficient (Wildman–Crippen LogP) is 1.44. The number of amides is 1. The van der Waals surface area contributed by atoms with Crippen LogP contribution in [0.25, 0.3) is 0 Å². The van der Waals surface area contributed by atoms with Crippen LogP contribution in [0.3, 0.4) is 0 Å². The summed E-state index contributed by atoms with van der Waals surface area (Å²) < 4.78 is 13.0. The zero-order valence-corrected chi connectivity index (χ0v) is 9.72. The molecule has 2 aromatic carbocycles. The van der Waals surface area contributed by atoms with Gasteiger partial charge in [0.05, 0.1) is 5.97 Å². The first-order chi connectivity index (χ1) is 9.06. The lowest BCUT2D eigenvalue weighted by molar-refractivity contribution is -0.255. The Hall–Kier alpha value is -2.69. The van der Waals surface area contributed by atoms with Gasteiger partial charge >= 0.3 is 0 Å². The smallest absolute Gasteiger partial charge is 0.255 e. The number of hydrogen-bond acceptors (Lipinski definition) is 3. The molecule has 0 aliphatic heterocycles. The number of anilines is 1. The molecular weight excluding hydrogens is 249 g/mol. The standard InChI is InChI=1S/C14H10FNO3/c15-11-3-1-2-10(8-11)13(17)16-12-6-4-9(5-7-12)14(18)19/h1-8H,(H,16,17)(H,18,19)/p-1. The Bertz CT molecular complexity index is 623. The number of carboxylic acids is 1. The molecule has 2 aromatic rings. The van der Waals surface area contributed by atoms with Crippen molar-refractivity contribution in [2.75, 3.05) is 5.32 Å². The fourth-order valence-electron chi connectivity index (χ4n) is 1.52. The molecule has 2 rings (SSSR count). The molecule has 0 spiro atoms. The first kappa shape index (κ1) is 12.8. The van der Waals surface area contributed by atoms with Crippen LogP contribution in [-0.4, -0.2) is 11.9 Å². The second kappa shape index (κ2) is 5.30. The molecule has 1 amide bonds. The number of hydrogen-bond donors (Lipinski definition) is 1. The van der Waals surface area contributed by atoms with Crippen LogP contribution in [0.1, 0.15) is 20.7 Å². The Morgan fingerprint density at radius 1 is 1.00 bits per heavy atom. The van der Waals surface area contributed by atoms with Gasteiger partial charge in [0.15, 0.2) is 0 Å². The van der Waals surface area contributed by atoms with E-state index in [1.165, 1.54) is 42.5 Å². The topological polar surface area (TPSA) is 69.2 Å². The largest absolute Gasteiger partial charge is 0.545 e. The van der Waals surface area contributed by atoms with Crippen LogP contribution in [0, 0.1) is 5.82 Å². The van der Waals surface area contributed by atoms with Crippen molar-refractivity contribution in [2.24, 2.45) is 0 Å². The summed E-state index contributed by atoms with van der Waals surface area (Å²) in [6, 6.07) is 10.8. The van der Waals surface area contributed by atoms with Gasteiger partial charge in [-0.05, 0) is 35.9 Å². The number of carbonyl (C=O) groups excluding carboxylic acids is 2. The highest BCUT2D eigenvalue weighted by Gasteiger charge is 2.06. The van der Waals surface area contributed by atoms with E-state index in [-0.39, 0.29) is 11.1 Å². The molecule has 5 heteroatoms. The minimum Gasteiger partial charge on any atom is -0.545 e. The first-order valence-electron chi connectivity index (χ1n) is 5.44.